The second kappa shape index (κ2) is 9.28. The summed E-state index contributed by atoms with van der Waals surface area (Å²) < 4.78 is 6.52. The van der Waals surface area contributed by atoms with Gasteiger partial charge >= 0.3 is 0 Å². The van der Waals surface area contributed by atoms with Crippen LogP contribution in [-0.2, 0) is 12.0 Å². The molecule has 6 nitrogen and oxygen atoms in total. The SMILES string of the molecule is CN=C(NCc1ccc(C(N)=O)o1)NCC1(c2cccc(Br)c2)CCCCC1. The smallest absolute Gasteiger partial charge is 0.284 e. The van der Waals surface area contributed by atoms with Crippen molar-refractivity contribution in [3.63, 3.8) is 0 Å². The second-order valence-electron chi connectivity index (χ2n) is 7.26. The molecule has 1 aliphatic carbocycles. The highest BCUT2D eigenvalue weighted by molar-refractivity contribution is 9.10. The molecule has 28 heavy (non-hydrogen) atoms. The second-order valence-corrected chi connectivity index (χ2v) is 8.18. The summed E-state index contributed by atoms with van der Waals surface area (Å²) in [5.41, 5.74) is 6.69. The normalized spacial score (nSPS) is 16.6. The quantitative estimate of drug-likeness (QED) is 0.465. The molecule has 0 atom stereocenters. The number of benzene rings is 1. The van der Waals surface area contributed by atoms with Gasteiger partial charge in [0.15, 0.2) is 11.7 Å². The Hall–Kier alpha value is -2.28. The van der Waals surface area contributed by atoms with Gasteiger partial charge in [-0.2, -0.15) is 0 Å². The molecule has 150 valence electrons. The molecule has 0 aliphatic heterocycles. The van der Waals surface area contributed by atoms with Gasteiger partial charge in [0.1, 0.15) is 5.76 Å². The highest BCUT2D eigenvalue weighted by atomic mass is 79.9. The molecule has 0 unspecified atom stereocenters. The van der Waals surface area contributed by atoms with Gasteiger partial charge in [-0.1, -0.05) is 47.3 Å². The molecule has 2 aromatic rings. The Bertz CT molecular complexity index is 840. The summed E-state index contributed by atoms with van der Waals surface area (Å²) in [5.74, 6) is 0.936. The van der Waals surface area contributed by atoms with Gasteiger partial charge in [0, 0.05) is 23.5 Å². The van der Waals surface area contributed by atoms with Crippen LogP contribution in [0, 0.1) is 0 Å². The summed E-state index contributed by atoms with van der Waals surface area (Å²) >= 11 is 3.61. The number of amides is 1. The number of nitrogens with two attached hydrogens (primary N) is 1. The van der Waals surface area contributed by atoms with Crippen LogP contribution in [0.4, 0.5) is 0 Å². The molecule has 0 spiro atoms. The lowest BCUT2D eigenvalue weighted by atomic mass is 9.69. The molecular formula is C21H27BrN4O2. The maximum absolute atomic E-state index is 11.1. The van der Waals surface area contributed by atoms with Gasteiger partial charge in [0.25, 0.3) is 5.91 Å². The lowest BCUT2D eigenvalue weighted by Gasteiger charge is -2.38. The summed E-state index contributed by atoms with van der Waals surface area (Å²) in [7, 11) is 1.75. The van der Waals surface area contributed by atoms with E-state index in [1.807, 2.05) is 0 Å². The minimum absolute atomic E-state index is 0.101. The molecule has 0 radical (unpaired) electrons. The molecule has 1 aromatic carbocycles. The maximum atomic E-state index is 11.1. The van der Waals surface area contributed by atoms with E-state index in [-0.39, 0.29) is 11.2 Å². The first kappa shape index (κ1) is 20.5. The molecule has 1 aromatic heterocycles. The van der Waals surface area contributed by atoms with Crippen molar-refractivity contribution < 1.29 is 9.21 Å². The fourth-order valence-electron chi connectivity index (χ4n) is 3.86. The van der Waals surface area contributed by atoms with Crippen LogP contribution in [0.2, 0.25) is 0 Å². The third-order valence-corrected chi connectivity index (χ3v) is 5.89. The van der Waals surface area contributed by atoms with Crippen molar-refractivity contribution in [2.45, 2.75) is 44.1 Å². The molecule has 7 heteroatoms. The van der Waals surface area contributed by atoms with Crippen LogP contribution < -0.4 is 16.4 Å². The number of nitrogens with one attached hydrogen (secondary N) is 2. The maximum Gasteiger partial charge on any atom is 0.284 e. The molecule has 1 amide bonds. The number of hydrogen-bond acceptors (Lipinski definition) is 3. The van der Waals surface area contributed by atoms with Crippen LogP contribution in [0.25, 0.3) is 0 Å². The molecule has 1 saturated carbocycles. The zero-order chi connectivity index (χ0) is 20.0. The van der Waals surface area contributed by atoms with E-state index in [0.717, 1.165) is 23.9 Å². The summed E-state index contributed by atoms with van der Waals surface area (Å²) in [6.07, 6.45) is 6.09. The molecule has 0 bridgehead atoms. The van der Waals surface area contributed by atoms with E-state index < -0.39 is 5.91 Å². The van der Waals surface area contributed by atoms with Crippen LogP contribution in [-0.4, -0.2) is 25.5 Å². The molecule has 1 aliphatic rings. The number of rotatable bonds is 6. The Morgan fingerprint density at radius 2 is 2.00 bits per heavy atom. The zero-order valence-corrected chi connectivity index (χ0v) is 17.7. The predicted octanol–water partition coefficient (Wildman–Crippen LogP) is 3.71. The van der Waals surface area contributed by atoms with Crippen LogP contribution in [0.5, 0.6) is 0 Å². The Morgan fingerprint density at radius 3 is 2.64 bits per heavy atom. The number of hydrogen-bond donors (Lipinski definition) is 3. The van der Waals surface area contributed by atoms with E-state index in [4.69, 9.17) is 10.2 Å². The van der Waals surface area contributed by atoms with Crippen molar-refractivity contribution in [3.05, 3.63) is 58.0 Å². The van der Waals surface area contributed by atoms with Gasteiger partial charge in [-0.05, 0) is 42.7 Å². The van der Waals surface area contributed by atoms with Crippen molar-refractivity contribution in [2.75, 3.05) is 13.6 Å². The number of furan rings is 1. The van der Waals surface area contributed by atoms with Crippen LogP contribution in [0.3, 0.4) is 0 Å². The van der Waals surface area contributed by atoms with Gasteiger partial charge in [0.05, 0.1) is 6.54 Å². The van der Waals surface area contributed by atoms with E-state index in [2.05, 4.69) is 55.8 Å². The Morgan fingerprint density at radius 1 is 1.21 bits per heavy atom. The lowest BCUT2D eigenvalue weighted by Crippen LogP contribution is -2.46. The van der Waals surface area contributed by atoms with Crippen LogP contribution >= 0.6 is 15.9 Å². The monoisotopic (exact) mass is 446 g/mol. The van der Waals surface area contributed by atoms with Gasteiger partial charge in [-0.3, -0.25) is 9.79 Å². The van der Waals surface area contributed by atoms with Gasteiger partial charge in [0.2, 0.25) is 0 Å². The average Bonchev–Trinajstić information content (AvgIpc) is 3.18. The van der Waals surface area contributed by atoms with E-state index in [9.17, 15) is 4.79 Å². The Labute approximate surface area is 174 Å². The number of primary amides is 1. The summed E-state index contributed by atoms with van der Waals surface area (Å²) in [6.45, 7) is 1.24. The summed E-state index contributed by atoms with van der Waals surface area (Å²) in [4.78, 5) is 15.5. The average molecular weight is 447 g/mol. The molecular weight excluding hydrogens is 420 g/mol. The van der Waals surface area contributed by atoms with Crippen molar-refractivity contribution in [3.8, 4) is 0 Å². The zero-order valence-electron chi connectivity index (χ0n) is 16.1. The Balaban J connectivity index is 1.65. The number of guanidine groups is 1. The molecule has 1 fully saturated rings. The highest BCUT2D eigenvalue weighted by Crippen LogP contribution is 2.39. The first-order valence-corrected chi connectivity index (χ1v) is 10.4. The van der Waals surface area contributed by atoms with Gasteiger partial charge < -0.3 is 20.8 Å². The number of halogens is 1. The number of nitrogens with zero attached hydrogens (tertiary/aromatic N) is 1. The highest BCUT2D eigenvalue weighted by Gasteiger charge is 2.34. The minimum Gasteiger partial charge on any atom is -0.454 e. The number of carbonyl (C=O) groups excluding carboxylic acids is 1. The van der Waals surface area contributed by atoms with Crippen molar-refractivity contribution in [2.24, 2.45) is 10.7 Å². The van der Waals surface area contributed by atoms with E-state index in [0.29, 0.717) is 18.3 Å². The predicted molar refractivity (Wildman–Crippen MR) is 114 cm³/mol. The fraction of sp³-hybridized carbons (Fsp3) is 0.429. The Kier molecular flexibility index (Phi) is 6.78. The summed E-state index contributed by atoms with van der Waals surface area (Å²) in [6, 6.07) is 12.0. The van der Waals surface area contributed by atoms with E-state index in [1.54, 1.807) is 19.2 Å². The van der Waals surface area contributed by atoms with Crippen LogP contribution in [0.1, 0.15) is 54.0 Å². The van der Waals surface area contributed by atoms with Gasteiger partial charge in [-0.25, -0.2) is 0 Å². The minimum atomic E-state index is -0.568. The molecule has 1 heterocycles. The molecule has 3 rings (SSSR count). The lowest BCUT2D eigenvalue weighted by molar-refractivity contribution is 0.0972. The summed E-state index contributed by atoms with van der Waals surface area (Å²) in [5, 5.41) is 6.73. The van der Waals surface area contributed by atoms with Crippen LogP contribution in [0.15, 0.2) is 50.3 Å². The molecule has 4 N–H and O–H groups in total. The third kappa shape index (κ3) is 4.95. The third-order valence-electron chi connectivity index (χ3n) is 5.40. The van der Waals surface area contributed by atoms with E-state index >= 15 is 0 Å². The number of aliphatic imine (C=N–C) groups is 1. The standard InChI is InChI=1S/C21H27BrN4O2/c1-24-20(25-13-17-8-9-18(28-17)19(23)27)26-14-21(10-3-2-4-11-21)15-6-5-7-16(22)12-15/h5-9,12H,2-4,10-11,13-14H2,1H3,(H2,23,27)(H2,24,25,26). The van der Waals surface area contributed by atoms with Crippen molar-refractivity contribution in [1.82, 2.24) is 10.6 Å². The molecule has 0 saturated heterocycles. The van der Waals surface area contributed by atoms with Crippen molar-refractivity contribution in [1.29, 1.82) is 0 Å². The topological polar surface area (TPSA) is 92.6 Å². The largest absolute Gasteiger partial charge is 0.454 e. The van der Waals surface area contributed by atoms with Gasteiger partial charge in [-0.15, -0.1) is 0 Å². The fourth-order valence-corrected chi connectivity index (χ4v) is 4.26. The first-order valence-electron chi connectivity index (χ1n) is 9.61. The van der Waals surface area contributed by atoms with Crippen molar-refractivity contribution >= 4 is 27.8 Å². The number of carbonyl (C=O) groups is 1. The first-order chi connectivity index (χ1) is 13.5. The van der Waals surface area contributed by atoms with E-state index in [1.165, 1.54) is 24.8 Å².